The van der Waals surface area contributed by atoms with Gasteiger partial charge in [-0.05, 0) is 49.4 Å². The summed E-state index contributed by atoms with van der Waals surface area (Å²) in [5.41, 5.74) is 0.518. The third-order valence-corrected chi connectivity index (χ3v) is 4.80. The molecule has 7 heteroatoms. The summed E-state index contributed by atoms with van der Waals surface area (Å²) in [6.45, 7) is 0.493. The molecule has 0 atom stereocenters. The van der Waals surface area contributed by atoms with Crippen molar-refractivity contribution in [3.05, 3.63) is 43.1 Å². The van der Waals surface area contributed by atoms with Crippen LogP contribution in [-0.4, -0.2) is 17.9 Å². The number of pyridine rings is 1. The molecule has 0 fully saturated rings. The third-order valence-electron chi connectivity index (χ3n) is 2.44. The van der Waals surface area contributed by atoms with Crippen LogP contribution < -0.4 is 10.6 Å². The topological polar surface area (TPSA) is 54.0 Å². The highest BCUT2D eigenvalue weighted by atomic mass is 79.9. The number of carbonyl (C=O) groups is 1. The Hall–Kier alpha value is -0.920. The number of nitrogens with one attached hydrogen (secondary N) is 2. The van der Waals surface area contributed by atoms with Crippen LogP contribution in [0.5, 0.6) is 0 Å². The van der Waals surface area contributed by atoms with Crippen molar-refractivity contribution in [1.29, 1.82) is 0 Å². The first-order valence-electron chi connectivity index (χ1n) is 5.45. The first-order chi connectivity index (χ1) is 9.11. The lowest BCUT2D eigenvalue weighted by molar-refractivity contribution is 0.0951. The number of rotatable bonds is 4. The Morgan fingerprint density at radius 3 is 2.89 bits per heavy atom. The Kier molecular flexibility index (Phi) is 4.95. The summed E-state index contributed by atoms with van der Waals surface area (Å²) in [6, 6.07) is 3.71. The van der Waals surface area contributed by atoms with E-state index in [0.717, 1.165) is 13.8 Å². The molecule has 2 aromatic rings. The maximum atomic E-state index is 12.2. The number of hydrogen-bond acceptors (Lipinski definition) is 4. The number of carbonyl (C=O) groups excluding carboxylic acids is 1. The van der Waals surface area contributed by atoms with Crippen LogP contribution in [0, 0.1) is 0 Å². The SMILES string of the molecule is CNc1ncc(Br)cc1C(=O)NCc1sccc1Br. The van der Waals surface area contributed by atoms with E-state index in [1.165, 1.54) is 0 Å². The highest BCUT2D eigenvalue weighted by molar-refractivity contribution is 9.10. The number of amides is 1. The summed E-state index contributed by atoms with van der Waals surface area (Å²) in [6.07, 6.45) is 1.65. The molecule has 0 saturated carbocycles. The fourth-order valence-electron chi connectivity index (χ4n) is 1.52. The lowest BCUT2D eigenvalue weighted by Crippen LogP contribution is -2.23. The van der Waals surface area contributed by atoms with E-state index >= 15 is 0 Å². The van der Waals surface area contributed by atoms with Crippen molar-refractivity contribution in [2.24, 2.45) is 0 Å². The standard InChI is InChI=1S/C12H11Br2N3OS/c1-15-11-8(4-7(13)5-16-11)12(18)17-6-10-9(14)2-3-19-10/h2-5H,6H2,1H3,(H,15,16)(H,17,18). The van der Waals surface area contributed by atoms with Crippen molar-refractivity contribution in [2.75, 3.05) is 12.4 Å². The summed E-state index contributed by atoms with van der Waals surface area (Å²) >= 11 is 8.36. The van der Waals surface area contributed by atoms with Gasteiger partial charge < -0.3 is 10.6 Å². The van der Waals surface area contributed by atoms with Gasteiger partial charge in [-0.1, -0.05) is 0 Å². The fourth-order valence-corrected chi connectivity index (χ4v) is 3.28. The smallest absolute Gasteiger partial charge is 0.255 e. The van der Waals surface area contributed by atoms with Gasteiger partial charge in [0.1, 0.15) is 5.82 Å². The van der Waals surface area contributed by atoms with Gasteiger partial charge in [-0.2, -0.15) is 0 Å². The molecule has 2 N–H and O–H groups in total. The highest BCUT2D eigenvalue weighted by Crippen LogP contribution is 2.23. The number of hydrogen-bond donors (Lipinski definition) is 2. The van der Waals surface area contributed by atoms with E-state index in [4.69, 9.17) is 0 Å². The summed E-state index contributed by atoms with van der Waals surface area (Å²) in [5, 5.41) is 7.77. The van der Waals surface area contributed by atoms with Crippen molar-refractivity contribution in [1.82, 2.24) is 10.3 Å². The number of nitrogens with zero attached hydrogens (tertiary/aromatic N) is 1. The lowest BCUT2D eigenvalue weighted by Gasteiger charge is -2.09. The van der Waals surface area contributed by atoms with Gasteiger partial charge in [0, 0.05) is 27.1 Å². The van der Waals surface area contributed by atoms with E-state index in [-0.39, 0.29) is 5.91 Å². The summed E-state index contributed by atoms with van der Waals surface area (Å²) in [5.74, 6) is 0.407. The van der Waals surface area contributed by atoms with E-state index in [0.29, 0.717) is 17.9 Å². The zero-order chi connectivity index (χ0) is 13.8. The van der Waals surface area contributed by atoms with Crippen LogP contribution in [0.2, 0.25) is 0 Å². The molecule has 0 saturated heterocycles. The van der Waals surface area contributed by atoms with Crippen LogP contribution >= 0.6 is 43.2 Å². The molecule has 0 radical (unpaired) electrons. The van der Waals surface area contributed by atoms with E-state index in [1.807, 2.05) is 11.4 Å². The molecule has 0 spiro atoms. The second-order valence-electron chi connectivity index (χ2n) is 3.67. The van der Waals surface area contributed by atoms with Crippen LogP contribution in [0.1, 0.15) is 15.2 Å². The van der Waals surface area contributed by atoms with Crippen molar-refractivity contribution < 1.29 is 4.79 Å². The largest absolute Gasteiger partial charge is 0.372 e. The molecule has 0 unspecified atom stereocenters. The second kappa shape index (κ2) is 6.49. The number of aromatic nitrogens is 1. The van der Waals surface area contributed by atoms with Crippen LogP contribution in [0.25, 0.3) is 0 Å². The molecule has 19 heavy (non-hydrogen) atoms. The molecular formula is C12H11Br2N3OS. The molecule has 4 nitrogen and oxygen atoms in total. The average Bonchev–Trinajstić information content (AvgIpc) is 2.81. The van der Waals surface area contributed by atoms with Crippen LogP contribution in [0.15, 0.2) is 32.7 Å². The molecule has 1 amide bonds. The van der Waals surface area contributed by atoms with E-state index in [9.17, 15) is 4.79 Å². The molecule has 0 aliphatic carbocycles. The molecule has 0 aliphatic rings. The van der Waals surface area contributed by atoms with Gasteiger partial charge in [-0.15, -0.1) is 11.3 Å². The molecule has 2 heterocycles. The number of anilines is 1. The maximum Gasteiger partial charge on any atom is 0.255 e. The van der Waals surface area contributed by atoms with Gasteiger partial charge >= 0.3 is 0 Å². The van der Waals surface area contributed by atoms with Crippen molar-refractivity contribution in [3.63, 3.8) is 0 Å². The van der Waals surface area contributed by atoms with E-state index in [2.05, 4.69) is 47.5 Å². The van der Waals surface area contributed by atoms with Crippen LogP contribution in [0.4, 0.5) is 5.82 Å². The predicted molar refractivity (Wildman–Crippen MR) is 84.7 cm³/mol. The molecule has 2 rings (SSSR count). The Labute approximate surface area is 131 Å². The van der Waals surface area contributed by atoms with Gasteiger partial charge in [0.15, 0.2) is 0 Å². The molecule has 2 aromatic heterocycles. The van der Waals surface area contributed by atoms with Crippen molar-refractivity contribution in [3.8, 4) is 0 Å². The molecular weight excluding hydrogens is 394 g/mol. The fraction of sp³-hybridized carbons (Fsp3) is 0.167. The minimum Gasteiger partial charge on any atom is -0.372 e. The summed E-state index contributed by atoms with van der Waals surface area (Å²) in [4.78, 5) is 17.4. The minimum absolute atomic E-state index is 0.154. The van der Waals surface area contributed by atoms with Gasteiger partial charge in [0.05, 0.1) is 12.1 Å². The third kappa shape index (κ3) is 3.55. The molecule has 0 aromatic carbocycles. The quantitative estimate of drug-likeness (QED) is 0.817. The Morgan fingerprint density at radius 1 is 1.47 bits per heavy atom. The second-order valence-corrected chi connectivity index (χ2v) is 6.44. The Balaban J connectivity index is 2.12. The van der Waals surface area contributed by atoms with Gasteiger partial charge in [-0.25, -0.2) is 4.98 Å². The van der Waals surface area contributed by atoms with E-state index < -0.39 is 0 Å². The normalized spacial score (nSPS) is 10.3. The Morgan fingerprint density at radius 2 is 2.26 bits per heavy atom. The van der Waals surface area contributed by atoms with Gasteiger partial charge in [0.2, 0.25) is 0 Å². The first-order valence-corrected chi connectivity index (χ1v) is 7.91. The van der Waals surface area contributed by atoms with Gasteiger partial charge in [0.25, 0.3) is 5.91 Å². The zero-order valence-corrected chi connectivity index (χ0v) is 14.0. The van der Waals surface area contributed by atoms with Crippen molar-refractivity contribution >= 4 is 54.9 Å². The van der Waals surface area contributed by atoms with Gasteiger partial charge in [-0.3, -0.25) is 4.79 Å². The number of halogens is 2. The Bertz CT molecular complexity index is 600. The monoisotopic (exact) mass is 403 g/mol. The minimum atomic E-state index is -0.154. The van der Waals surface area contributed by atoms with Crippen LogP contribution in [0.3, 0.4) is 0 Å². The highest BCUT2D eigenvalue weighted by Gasteiger charge is 2.13. The first kappa shape index (κ1) is 14.5. The summed E-state index contributed by atoms with van der Waals surface area (Å²) in [7, 11) is 1.74. The number of thiophene rings is 1. The molecule has 0 aliphatic heterocycles. The lowest BCUT2D eigenvalue weighted by atomic mass is 10.2. The maximum absolute atomic E-state index is 12.2. The summed E-state index contributed by atoms with van der Waals surface area (Å²) < 4.78 is 1.79. The molecule has 0 bridgehead atoms. The van der Waals surface area contributed by atoms with Crippen LogP contribution in [-0.2, 0) is 6.54 Å². The van der Waals surface area contributed by atoms with Crippen molar-refractivity contribution in [2.45, 2.75) is 6.54 Å². The zero-order valence-electron chi connectivity index (χ0n) is 10.0. The molecule has 100 valence electrons. The average molecular weight is 405 g/mol. The predicted octanol–water partition coefficient (Wildman–Crippen LogP) is 3.64. The van der Waals surface area contributed by atoms with E-state index in [1.54, 1.807) is 30.6 Å².